The van der Waals surface area contributed by atoms with Crippen molar-refractivity contribution >= 4 is 5.97 Å². The number of nitrogens with one attached hydrogen (secondary N) is 1. The number of hydrogen-bond acceptors (Lipinski definition) is 3. The number of hydrogen-bond donors (Lipinski definition) is 1. The molecular weight excluding hydrogens is 208 g/mol. The van der Waals surface area contributed by atoms with E-state index in [0.29, 0.717) is 0 Å². The number of halogens is 2. The Balaban J connectivity index is 3.09. The minimum Gasteiger partial charge on any atom is -0.461 e. The van der Waals surface area contributed by atoms with Crippen LogP contribution >= 0.6 is 0 Å². The lowest BCUT2D eigenvalue weighted by Gasteiger charge is -2.04. The summed E-state index contributed by atoms with van der Waals surface area (Å²) in [6.07, 6.45) is -2.83. The Morgan fingerprint density at radius 3 is 2.73 bits per heavy atom. The van der Waals surface area contributed by atoms with E-state index in [1.165, 1.54) is 0 Å². The fourth-order valence-corrected chi connectivity index (χ4v) is 1.00. The third-order valence-corrected chi connectivity index (χ3v) is 1.59. The minimum absolute atomic E-state index is 0.111. The Morgan fingerprint density at radius 2 is 2.20 bits per heavy atom. The molecule has 1 rings (SSSR count). The van der Waals surface area contributed by atoms with Gasteiger partial charge >= 0.3 is 5.97 Å². The molecule has 0 aromatic carbocycles. The van der Waals surface area contributed by atoms with Crippen molar-refractivity contribution in [3.8, 4) is 0 Å². The lowest BCUT2D eigenvalue weighted by molar-refractivity contribution is 0.0517. The van der Waals surface area contributed by atoms with Crippen molar-refractivity contribution in [3.63, 3.8) is 0 Å². The van der Waals surface area contributed by atoms with Crippen molar-refractivity contribution in [2.45, 2.75) is 13.3 Å². The summed E-state index contributed by atoms with van der Waals surface area (Å²) in [5.41, 5.74) is -1.52. The first-order valence-corrected chi connectivity index (χ1v) is 4.24. The van der Waals surface area contributed by atoms with Crippen LogP contribution in [0.15, 0.2) is 16.9 Å². The van der Waals surface area contributed by atoms with Gasteiger partial charge in [-0.05, 0) is 6.92 Å². The molecule has 0 amide bonds. The Hall–Kier alpha value is -1.72. The molecule has 0 aliphatic rings. The maximum absolute atomic E-state index is 12.3. The largest absolute Gasteiger partial charge is 0.461 e. The molecule has 1 N–H and O–H groups in total. The number of alkyl halides is 2. The van der Waals surface area contributed by atoms with Gasteiger partial charge in [0.15, 0.2) is 5.43 Å². The van der Waals surface area contributed by atoms with Gasteiger partial charge in [0.05, 0.1) is 12.3 Å². The van der Waals surface area contributed by atoms with Crippen molar-refractivity contribution < 1.29 is 18.3 Å². The topological polar surface area (TPSA) is 59.2 Å². The predicted molar refractivity (Wildman–Crippen MR) is 48.0 cm³/mol. The van der Waals surface area contributed by atoms with Gasteiger partial charge in [-0.25, -0.2) is 13.6 Å². The van der Waals surface area contributed by atoms with Gasteiger partial charge in [-0.2, -0.15) is 0 Å². The van der Waals surface area contributed by atoms with E-state index in [4.69, 9.17) is 0 Å². The highest BCUT2D eigenvalue weighted by molar-refractivity contribution is 5.87. The molecule has 0 aliphatic heterocycles. The Bertz CT molecular complexity index is 414. The van der Waals surface area contributed by atoms with E-state index in [2.05, 4.69) is 9.72 Å². The summed E-state index contributed by atoms with van der Waals surface area (Å²) in [5, 5.41) is 0. The number of ether oxygens (including phenoxy) is 1. The van der Waals surface area contributed by atoms with Gasteiger partial charge in [0.2, 0.25) is 0 Å². The van der Waals surface area contributed by atoms with Crippen LogP contribution in [0.5, 0.6) is 0 Å². The smallest absolute Gasteiger partial charge is 0.354 e. The molecule has 1 aromatic rings. The molecule has 0 fully saturated rings. The highest BCUT2D eigenvalue weighted by atomic mass is 19.3. The fraction of sp³-hybridized carbons (Fsp3) is 0.333. The van der Waals surface area contributed by atoms with E-state index in [-0.39, 0.29) is 12.3 Å². The van der Waals surface area contributed by atoms with Crippen LogP contribution in [-0.2, 0) is 4.74 Å². The van der Waals surface area contributed by atoms with Crippen LogP contribution in [0.3, 0.4) is 0 Å². The van der Waals surface area contributed by atoms with Crippen LogP contribution in [0, 0.1) is 0 Å². The Kier molecular flexibility index (Phi) is 3.54. The molecule has 0 spiro atoms. The lowest BCUT2D eigenvalue weighted by atomic mass is 10.3. The van der Waals surface area contributed by atoms with Gasteiger partial charge in [0.25, 0.3) is 6.43 Å². The average molecular weight is 217 g/mol. The van der Waals surface area contributed by atoms with Gasteiger partial charge in [0.1, 0.15) is 5.69 Å². The second-order valence-corrected chi connectivity index (χ2v) is 2.71. The number of carbonyl (C=O) groups excluding carboxylic acids is 1. The zero-order chi connectivity index (χ0) is 11.4. The van der Waals surface area contributed by atoms with E-state index >= 15 is 0 Å². The maximum Gasteiger partial charge on any atom is 0.354 e. The molecule has 1 heterocycles. The zero-order valence-corrected chi connectivity index (χ0v) is 7.92. The molecular formula is C9H9F2NO3. The van der Waals surface area contributed by atoms with Gasteiger partial charge in [0, 0.05) is 12.1 Å². The summed E-state index contributed by atoms with van der Waals surface area (Å²) in [6, 6.07) is 1.66. The van der Waals surface area contributed by atoms with E-state index in [0.717, 1.165) is 12.1 Å². The van der Waals surface area contributed by atoms with E-state index < -0.39 is 23.5 Å². The molecule has 15 heavy (non-hydrogen) atoms. The number of H-pyrrole nitrogens is 1. The molecule has 0 aliphatic carbocycles. The Morgan fingerprint density at radius 1 is 1.53 bits per heavy atom. The Labute approximate surface area is 83.9 Å². The molecule has 82 valence electrons. The standard InChI is InChI=1S/C9H9F2NO3/c1-2-15-9(14)7-4-5(13)3-6(12-7)8(10)11/h3-4,8H,2H2,1H3,(H,12,13). The van der Waals surface area contributed by atoms with Crippen LogP contribution in [-0.4, -0.2) is 17.6 Å². The number of carbonyl (C=O) groups is 1. The molecule has 0 bridgehead atoms. The van der Waals surface area contributed by atoms with Crippen molar-refractivity contribution in [3.05, 3.63) is 33.7 Å². The molecule has 0 saturated heterocycles. The molecule has 0 atom stereocenters. The molecule has 0 unspecified atom stereocenters. The predicted octanol–water partition coefficient (Wildman–Crippen LogP) is 1.49. The number of pyridine rings is 1. The summed E-state index contributed by atoms with van der Waals surface area (Å²) in [7, 11) is 0. The lowest BCUT2D eigenvalue weighted by Crippen LogP contribution is -2.13. The third-order valence-electron chi connectivity index (χ3n) is 1.59. The van der Waals surface area contributed by atoms with E-state index in [1.54, 1.807) is 6.92 Å². The second-order valence-electron chi connectivity index (χ2n) is 2.71. The van der Waals surface area contributed by atoms with Gasteiger partial charge in [-0.1, -0.05) is 0 Å². The van der Waals surface area contributed by atoms with Gasteiger partial charge < -0.3 is 9.72 Å². The zero-order valence-electron chi connectivity index (χ0n) is 7.92. The second kappa shape index (κ2) is 4.68. The summed E-state index contributed by atoms with van der Waals surface area (Å²) in [6.45, 7) is 1.69. The normalized spacial score (nSPS) is 10.4. The molecule has 0 saturated carbocycles. The third kappa shape index (κ3) is 2.87. The monoisotopic (exact) mass is 217 g/mol. The number of aromatic amines is 1. The fourth-order valence-electron chi connectivity index (χ4n) is 1.00. The first-order valence-electron chi connectivity index (χ1n) is 4.24. The van der Waals surface area contributed by atoms with Gasteiger partial charge in [-0.15, -0.1) is 0 Å². The highest BCUT2D eigenvalue weighted by Gasteiger charge is 2.13. The van der Waals surface area contributed by atoms with Crippen LogP contribution in [0.2, 0.25) is 0 Å². The first kappa shape index (κ1) is 11.4. The molecule has 6 heteroatoms. The van der Waals surface area contributed by atoms with Crippen LogP contribution in [0.4, 0.5) is 8.78 Å². The molecule has 0 radical (unpaired) electrons. The van der Waals surface area contributed by atoms with Crippen molar-refractivity contribution in [1.82, 2.24) is 4.98 Å². The SMILES string of the molecule is CCOC(=O)c1cc(=O)cc(C(F)F)[nH]1. The van der Waals surface area contributed by atoms with Crippen molar-refractivity contribution in [2.75, 3.05) is 6.61 Å². The maximum atomic E-state index is 12.3. The average Bonchev–Trinajstić information content (AvgIpc) is 2.17. The van der Waals surface area contributed by atoms with Crippen molar-refractivity contribution in [2.24, 2.45) is 0 Å². The number of esters is 1. The summed E-state index contributed by atoms with van der Waals surface area (Å²) < 4.78 is 29.1. The molecule has 1 aromatic heterocycles. The number of rotatable bonds is 3. The summed E-state index contributed by atoms with van der Waals surface area (Å²) in [4.78, 5) is 24.2. The summed E-state index contributed by atoms with van der Waals surface area (Å²) >= 11 is 0. The van der Waals surface area contributed by atoms with E-state index in [9.17, 15) is 18.4 Å². The van der Waals surface area contributed by atoms with Crippen LogP contribution in [0.25, 0.3) is 0 Å². The summed E-state index contributed by atoms with van der Waals surface area (Å²) in [5.74, 6) is -0.822. The minimum atomic E-state index is -2.83. The van der Waals surface area contributed by atoms with Crippen molar-refractivity contribution in [1.29, 1.82) is 0 Å². The number of aromatic nitrogens is 1. The highest BCUT2D eigenvalue weighted by Crippen LogP contribution is 2.14. The first-order chi connectivity index (χ1) is 7.04. The van der Waals surface area contributed by atoms with Crippen LogP contribution < -0.4 is 5.43 Å². The van der Waals surface area contributed by atoms with Gasteiger partial charge in [-0.3, -0.25) is 4.79 Å². The molecule has 4 nitrogen and oxygen atoms in total. The van der Waals surface area contributed by atoms with Crippen LogP contribution in [0.1, 0.15) is 29.5 Å². The van der Waals surface area contributed by atoms with E-state index in [1.807, 2.05) is 0 Å². The quantitative estimate of drug-likeness (QED) is 0.780.